The van der Waals surface area contributed by atoms with E-state index in [9.17, 15) is 0 Å². The summed E-state index contributed by atoms with van der Waals surface area (Å²) in [6.45, 7) is 7.75. The SMILES string of the molecule is CCC(Cl)(CC)P(Cl)(Cl)=NC(CC)(CC)[PH](Cl)(Cl)Cl. The minimum absolute atomic E-state index is 0.591. The summed E-state index contributed by atoms with van der Waals surface area (Å²) in [4.78, 5) is 0. The fraction of sp³-hybridized carbons (Fsp3) is 1.00. The Labute approximate surface area is 146 Å². The van der Waals surface area contributed by atoms with Crippen molar-refractivity contribution in [2.24, 2.45) is 4.74 Å². The number of halogens is 6. The van der Waals surface area contributed by atoms with Gasteiger partial charge in [-0.2, -0.15) is 0 Å². The molecule has 0 aliphatic heterocycles. The number of hydrogen-bond acceptors (Lipinski definition) is 1. The van der Waals surface area contributed by atoms with Gasteiger partial charge in [0.1, 0.15) is 0 Å². The summed E-state index contributed by atoms with van der Waals surface area (Å²) in [5, 5.41) is -3.88. The molecule has 0 spiro atoms. The first-order chi connectivity index (χ1) is 8.45. The molecule has 0 N–H and O–H groups in total. The van der Waals surface area contributed by atoms with Crippen LogP contribution in [0.25, 0.3) is 0 Å². The van der Waals surface area contributed by atoms with Gasteiger partial charge in [0.25, 0.3) is 0 Å². The summed E-state index contributed by atoms with van der Waals surface area (Å²) in [5.74, 6) is -2.80. The second-order valence-electron chi connectivity index (χ2n) is 4.45. The summed E-state index contributed by atoms with van der Waals surface area (Å²) >= 11 is 38.3. The molecule has 118 valence electrons. The Kier molecular flexibility index (Phi) is 8.77. The molecule has 0 saturated carbocycles. The molecule has 9 heteroatoms. The molecule has 0 bridgehead atoms. The molecule has 0 radical (unpaired) electrons. The van der Waals surface area contributed by atoms with Gasteiger partial charge in [0.2, 0.25) is 0 Å². The molecule has 0 fully saturated rings. The van der Waals surface area contributed by atoms with E-state index in [-0.39, 0.29) is 0 Å². The van der Waals surface area contributed by atoms with E-state index >= 15 is 0 Å². The molecule has 0 saturated heterocycles. The molecule has 0 aliphatic carbocycles. The molecule has 0 aliphatic rings. The van der Waals surface area contributed by atoms with Crippen LogP contribution in [0.3, 0.4) is 0 Å². The monoisotopic (exact) mass is 427 g/mol. The van der Waals surface area contributed by atoms with E-state index in [2.05, 4.69) is 4.74 Å². The van der Waals surface area contributed by atoms with Gasteiger partial charge in [-0.05, 0) is 0 Å². The maximum atomic E-state index is 6.55. The van der Waals surface area contributed by atoms with Gasteiger partial charge in [0, 0.05) is 0 Å². The molecule has 19 heavy (non-hydrogen) atoms. The predicted octanol–water partition coefficient (Wildman–Crippen LogP) is 8.98. The summed E-state index contributed by atoms with van der Waals surface area (Å²) in [5.41, 5.74) is 0. The molecule has 0 heterocycles. The van der Waals surface area contributed by atoms with Gasteiger partial charge in [0.15, 0.2) is 0 Å². The van der Waals surface area contributed by atoms with Crippen LogP contribution >= 0.6 is 78.9 Å². The third kappa shape index (κ3) is 4.68. The fourth-order valence-electron chi connectivity index (χ4n) is 1.81. The molecule has 0 amide bonds. The zero-order valence-electron chi connectivity index (χ0n) is 11.5. The first kappa shape index (κ1) is 21.4. The Morgan fingerprint density at radius 3 is 1.47 bits per heavy atom. The molecular formula is C10H21Cl6NP2. The quantitative estimate of drug-likeness (QED) is 0.283. The molecule has 0 unspecified atom stereocenters. The van der Waals surface area contributed by atoms with Crippen LogP contribution in [-0.4, -0.2) is 9.90 Å². The Morgan fingerprint density at radius 1 is 0.895 bits per heavy atom. The van der Waals surface area contributed by atoms with Crippen LogP contribution < -0.4 is 0 Å². The van der Waals surface area contributed by atoms with E-state index in [0.29, 0.717) is 25.7 Å². The summed E-state index contributed by atoms with van der Waals surface area (Å²) < 4.78 is 3.88. The van der Waals surface area contributed by atoms with Crippen LogP contribution in [0.2, 0.25) is 0 Å². The van der Waals surface area contributed by atoms with Gasteiger partial charge in [0.05, 0.1) is 0 Å². The molecule has 0 aromatic carbocycles. The van der Waals surface area contributed by atoms with Gasteiger partial charge in [-0.15, -0.1) is 0 Å². The third-order valence-corrected chi connectivity index (χ3v) is 15.2. The van der Waals surface area contributed by atoms with Crippen molar-refractivity contribution in [3.05, 3.63) is 0 Å². The van der Waals surface area contributed by atoms with Crippen molar-refractivity contribution >= 4 is 78.9 Å². The van der Waals surface area contributed by atoms with Crippen LogP contribution in [0, 0.1) is 0 Å². The predicted molar refractivity (Wildman–Crippen MR) is 99.4 cm³/mol. The van der Waals surface area contributed by atoms with Crippen molar-refractivity contribution in [2.45, 2.75) is 63.3 Å². The summed E-state index contributed by atoms with van der Waals surface area (Å²) in [7, 11) is 0. The van der Waals surface area contributed by atoms with Crippen molar-refractivity contribution in [1.29, 1.82) is 0 Å². The van der Waals surface area contributed by atoms with Gasteiger partial charge in [-0.3, -0.25) is 0 Å². The average Bonchev–Trinajstić information content (AvgIpc) is 2.33. The fourth-order valence-corrected chi connectivity index (χ4v) is 11.4. The summed E-state index contributed by atoms with van der Waals surface area (Å²) in [6.07, 6.45) is 2.43. The van der Waals surface area contributed by atoms with Crippen molar-refractivity contribution in [3.63, 3.8) is 0 Å². The van der Waals surface area contributed by atoms with Crippen LogP contribution in [0.15, 0.2) is 4.74 Å². The van der Waals surface area contributed by atoms with Gasteiger partial charge >= 0.3 is 147 Å². The van der Waals surface area contributed by atoms with E-state index in [1.165, 1.54) is 0 Å². The second-order valence-corrected chi connectivity index (χ2v) is 19.7. The Bertz CT molecular complexity index is 340. The molecular weight excluding hydrogens is 409 g/mol. The van der Waals surface area contributed by atoms with Crippen LogP contribution in [-0.2, 0) is 0 Å². The summed E-state index contributed by atoms with van der Waals surface area (Å²) in [6, 6.07) is 0. The van der Waals surface area contributed by atoms with Crippen molar-refractivity contribution in [3.8, 4) is 0 Å². The average molecular weight is 430 g/mol. The van der Waals surface area contributed by atoms with E-state index in [1.807, 2.05) is 27.7 Å². The third-order valence-electron chi connectivity index (χ3n) is 3.58. The molecule has 0 aromatic rings. The number of alkyl halides is 1. The zero-order valence-corrected chi connectivity index (χ0v) is 17.9. The normalized spacial score (nSPS) is 15.5. The van der Waals surface area contributed by atoms with Crippen LogP contribution in [0.4, 0.5) is 0 Å². The molecule has 0 atom stereocenters. The van der Waals surface area contributed by atoms with Crippen molar-refractivity contribution < 1.29 is 0 Å². The van der Waals surface area contributed by atoms with Gasteiger partial charge in [-0.25, -0.2) is 0 Å². The Balaban J connectivity index is 5.97. The van der Waals surface area contributed by atoms with E-state index in [1.54, 1.807) is 0 Å². The number of rotatable bonds is 7. The van der Waals surface area contributed by atoms with E-state index in [4.69, 9.17) is 67.8 Å². The van der Waals surface area contributed by atoms with Gasteiger partial charge < -0.3 is 0 Å². The van der Waals surface area contributed by atoms with Gasteiger partial charge in [-0.1, -0.05) is 0 Å². The standard InChI is InChI=1S/C10H21Cl6NP2/c1-5-9(11,6-2)19(15,16)17-10(7-3,8-4)18(12,13)14/h18H,5-8H2,1-4H3. The van der Waals surface area contributed by atoms with Crippen LogP contribution in [0.1, 0.15) is 53.4 Å². The minimum atomic E-state index is -3.10. The topological polar surface area (TPSA) is 12.4 Å². The molecule has 1 nitrogen and oxygen atoms in total. The van der Waals surface area contributed by atoms with Crippen LogP contribution in [0.5, 0.6) is 0 Å². The maximum absolute atomic E-state index is 6.55. The molecule has 0 aromatic heterocycles. The zero-order chi connectivity index (χ0) is 15.5. The number of nitrogens with zero attached hydrogens (tertiary/aromatic N) is 1. The Morgan fingerprint density at radius 2 is 1.26 bits per heavy atom. The number of hydrogen-bond donors (Lipinski definition) is 0. The van der Waals surface area contributed by atoms with Crippen molar-refractivity contribution in [2.75, 3.05) is 0 Å². The second kappa shape index (κ2) is 7.79. The van der Waals surface area contributed by atoms with E-state index in [0.717, 1.165) is 0 Å². The molecule has 0 rings (SSSR count). The Hall–Kier alpha value is 2.40. The van der Waals surface area contributed by atoms with E-state index < -0.39 is 21.0 Å². The first-order valence-electron chi connectivity index (χ1n) is 6.23. The first-order valence-corrected chi connectivity index (χ1v) is 15.2. The van der Waals surface area contributed by atoms with Crippen molar-refractivity contribution in [1.82, 2.24) is 0 Å².